The molecular formula is C25H29N3O3. The minimum atomic E-state index is 0.00579. The van der Waals surface area contributed by atoms with Crippen LogP contribution in [-0.2, 0) is 9.47 Å². The van der Waals surface area contributed by atoms with E-state index in [-0.39, 0.29) is 12.7 Å². The molecule has 5 rings (SSSR count). The summed E-state index contributed by atoms with van der Waals surface area (Å²) in [5.74, 6) is 0.861. The van der Waals surface area contributed by atoms with Crippen LogP contribution in [0.5, 0.6) is 0 Å². The Balaban J connectivity index is 1.53. The Labute approximate surface area is 182 Å². The van der Waals surface area contributed by atoms with Gasteiger partial charge in [0.25, 0.3) is 0 Å². The smallest absolute Gasteiger partial charge is 0.147 e. The van der Waals surface area contributed by atoms with E-state index in [9.17, 15) is 5.11 Å². The number of nitrogens with two attached hydrogens (primary N) is 1. The molecule has 2 saturated heterocycles. The molecule has 31 heavy (non-hydrogen) atoms. The van der Waals surface area contributed by atoms with Crippen LogP contribution >= 0.6 is 0 Å². The first kappa shape index (κ1) is 20.2. The zero-order valence-corrected chi connectivity index (χ0v) is 17.7. The molecule has 6 heteroatoms. The number of morpholine rings is 1. The topological polar surface area (TPSA) is 80.8 Å². The number of ether oxygens (including phenoxy) is 2. The van der Waals surface area contributed by atoms with Crippen molar-refractivity contribution in [3.63, 3.8) is 0 Å². The molecule has 1 aromatic heterocycles. The summed E-state index contributed by atoms with van der Waals surface area (Å²) in [7, 11) is 0. The molecule has 0 aliphatic carbocycles. The predicted octanol–water partition coefficient (Wildman–Crippen LogP) is 3.78. The highest BCUT2D eigenvalue weighted by Crippen LogP contribution is 2.38. The lowest BCUT2D eigenvalue weighted by atomic mass is 9.88. The number of aromatic nitrogens is 1. The van der Waals surface area contributed by atoms with Crippen LogP contribution in [0.15, 0.2) is 48.5 Å². The fraction of sp³-hybridized carbons (Fsp3) is 0.400. The number of fused-ring (bicyclic) bond motifs is 1. The first-order chi connectivity index (χ1) is 15.2. The summed E-state index contributed by atoms with van der Waals surface area (Å²) in [5, 5.41) is 10.7. The second-order valence-electron chi connectivity index (χ2n) is 8.42. The maximum absolute atomic E-state index is 9.63. The number of aliphatic hydroxyl groups is 1. The number of hydrogen-bond donors (Lipinski definition) is 2. The molecule has 2 unspecified atom stereocenters. The van der Waals surface area contributed by atoms with Crippen molar-refractivity contribution in [1.29, 1.82) is 0 Å². The van der Waals surface area contributed by atoms with E-state index in [2.05, 4.69) is 52.3 Å². The molecule has 2 aliphatic heterocycles. The zero-order chi connectivity index (χ0) is 21.2. The van der Waals surface area contributed by atoms with Crippen molar-refractivity contribution in [2.45, 2.75) is 18.9 Å². The second kappa shape index (κ2) is 8.83. The van der Waals surface area contributed by atoms with Crippen LogP contribution in [0.4, 0.5) is 11.5 Å². The second-order valence-corrected chi connectivity index (χ2v) is 8.42. The average Bonchev–Trinajstić information content (AvgIpc) is 2.84. The predicted molar refractivity (Wildman–Crippen MR) is 123 cm³/mol. The van der Waals surface area contributed by atoms with Gasteiger partial charge in [0, 0.05) is 31.7 Å². The third kappa shape index (κ3) is 4.11. The van der Waals surface area contributed by atoms with Gasteiger partial charge in [-0.25, -0.2) is 4.98 Å². The standard InChI is InChI=1S/C25H29N3O3/c26-25-23(28-8-11-30-12-9-28)15-19-14-18(5-6-22(19)27-25)20-3-1-2-4-21(20)24-13-17(16-29)7-10-31-24/h1-6,14-15,17,24,29H,7-13,16H2,(H2,26,27). The number of nitrogens with zero attached hydrogens (tertiary/aromatic N) is 2. The van der Waals surface area contributed by atoms with Crippen molar-refractivity contribution in [3.8, 4) is 11.1 Å². The summed E-state index contributed by atoms with van der Waals surface area (Å²) in [6.07, 6.45) is 1.77. The van der Waals surface area contributed by atoms with Crippen molar-refractivity contribution in [2.24, 2.45) is 5.92 Å². The van der Waals surface area contributed by atoms with Gasteiger partial charge in [0.05, 0.1) is 30.5 Å². The van der Waals surface area contributed by atoms with Crippen molar-refractivity contribution < 1.29 is 14.6 Å². The summed E-state index contributed by atoms with van der Waals surface area (Å²) in [6.45, 7) is 3.97. The molecule has 0 amide bonds. The molecule has 3 heterocycles. The lowest BCUT2D eigenvalue weighted by molar-refractivity contribution is -0.0223. The van der Waals surface area contributed by atoms with E-state index in [0.717, 1.165) is 53.6 Å². The van der Waals surface area contributed by atoms with Crippen molar-refractivity contribution >= 4 is 22.4 Å². The molecule has 2 fully saturated rings. The lowest BCUT2D eigenvalue weighted by Crippen LogP contribution is -2.36. The Morgan fingerprint density at radius 3 is 2.74 bits per heavy atom. The third-order valence-electron chi connectivity index (χ3n) is 6.44. The normalized spacial score (nSPS) is 22.0. The Hall–Kier alpha value is -2.67. The summed E-state index contributed by atoms with van der Waals surface area (Å²) in [4.78, 5) is 6.91. The molecule has 3 N–H and O–H groups in total. The maximum Gasteiger partial charge on any atom is 0.147 e. The van der Waals surface area contributed by atoms with Gasteiger partial charge in [-0.1, -0.05) is 30.3 Å². The highest BCUT2D eigenvalue weighted by molar-refractivity contribution is 5.90. The molecule has 0 saturated carbocycles. The molecule has 0 spiro atoms. The van der Waals surface area contributed by atoms with E-state index < -0.39 is 0 Å². The Bertz CT molecular complexity index is 1070. The first-order valence-corrected chi connectivity index (χ1v) is 11.1. The number of pyridine rings is 1. The number of hydrogen-bond acceptors (Lipinski definition) is 6. The van der Waals surface area contributed by atoms with Crippen LogP contribution in [0.3, 0.4) is 0 Å². The van der Waals surface area contributed by atoms with Crippen molar-refractivity contribution in [2.75, 3.05) is 50.2 Å². The minimum Gasteiger partial charge on any atom is -0.396 e. The molecule has 0 bridgehead atoms. The van der Waals surface area contributed by atoms with Gasteiger partial charge in [0.1, 0.15) is 5.82 Å². The SMILES string of the molecule is Nc1nc2ccc(-c3ccccc3C3CC(CO)CCO3)cc2cc1N1CCOCC1. The fourth-order valence-electron chi connectivity index (χ4n) is 4.69. The Morgan fingerprint density at radius 1 is 1.06 bits per heavy atom. The molecule has 2 aromatic carbocycles. The quantitative estimate of drug-likeness (QED) is 0.670. The molecule has 6 nitrogen and oxygen atoms in total. The van der Waals surface area contributed by atoms with Crippen LogP contribution in [0.1, 0.15) is 24.5 Å². The van der Waals surface area contributed by atoms with Crippen molar-refractivity contribution in [1.82, 2.24) is 4.98 Å². The monoisotopic (exact) mass is 419 g/mol. The Morgan fingerprint density at radius 2 is 1.90 bits per heavy atom. The number of nitrogen functional groups attached to an aromatic ring is 1. The summed E-state index contributed by atoms with van der Waals surface area (Å²) < 4.78 is 11.6. The van der Waals surface area contributed by atoms with Gasteiger partial charge in [-0.2, -0.15) is 0 Å². The first-order valence-electron chi connectivity index (χ1n) is 11.1. The fourth-order valence-corrected chi connectivity index (χ4v) is 4.69. The summed E-state index contributed by atoms with van der Waals surface area (Å²) in [5.41, 5.74) is 11.6. The van der Waals surface area contributed by atoms with E-state index in [1.54, 1.807) is 0 Å². The summed E-state index contributed by atoms with van der Waals surface area (Å²) >= 11 is 0. The van der Waals surface area contributed by atoms with Gasteiger partial charge in [-0.15, -0.1) is 0 Å². The van der Waals surface area contributed by atoms with E-state index in [4.69, 9.17) is 15.2 Å². The Kier molecular flexibility index (Phi) is 5.76. The maximum atomic E-state index is 9.63. The van der Waals surface area contributed by atoms with Crippen molar-refractivity contribution in [3.05, 3.63) is 54.1 Å². The van der Waals surface area contributed by atoms with E-state index >= 15 is 0 Å². The van der Waals surface area contributed by atoms with E-state index in [1.807, 2.05) is 6.07 Å². The lowest BCUT2D eigenvalue weighted by Gasteiger charge is -2.30. The number of benzene rings is 2. The average molecular weight is 420 g/mol. The molecule has 2 aliphatic rings. The van der Waals surface area contributed by atoms with E-state index in [0.29, 0.717) is 31.6 Å². The number of anilines is 2. The van der Waals surface area contributed by atoms with Crippen LogP contribution in [0.2, 0.25) is 0 Å². The van der Waals surface area contributed by atoms with Gasteiger partial charge in [0.15, 0.2) is 0 Å². The molecule has 2 atom stereocenters. The third-order valence-corrected chi connectivity index (χ3v) is 6.44. The molecule has 3 aromatic rings. The van der Waals surface area contributed by atoms with Gasteiger partial charge in [-0.3, -0.25) is 0 Å². The van der Waals surface area contributed by atoms with Crippen LogP contribution < -0.4 is 10.6 Å². The highest BCUT2D eigenvalue weighted by Gasteiger charge is 2.25. The van der Waals surface area contributed by atoms with Gasteiger partial charge in [-0.05, 0) is 53.6 Å². The number of aliphatic hydroxyl groups excluding tert-OH is 1. The highest BCUT2D eigenvalue weighted by atomic mass is 16.5. The summed E-state index contributed by atoms with van der Waals surface area (Å²) in [6, 6.07) is 16.9. The van der Waals surface area contributed by atoms with Gasteiger partial charge >= 0.3 is 0 Å². The molecule has 162 valence electrons. The largest absolute Gasteiger partial charge is 0.396 e. The minimum absolute atomic E-state index is 0.00579. The van der Waals surface area contributed by atoms with Crippen LogP contribution in [-0.4, -0.2) is 49.6 Å². The molecular weight excluding hydrogens is 390 g/mol. The van der Waals surface area contributed by atoms with E-state index in [1.165, 1.54) is 5.56 Å². The number of rotatable bonds is 4. The zero-order valence-electron chi connectivity index (χ0n) is 17.7. The van der Waals surface area contributed by atoms with Crippen LogP contribution in [0.25, 0.3) is 22.0 Å². The molecule has 0 radical (unpaired) electrons. The van der Waals surface area contributed by atoms with Gasteiger partial charge in [0.2, 0.25) is 0 Å². The van der Waals surface area contributed by atoms with Crippen LogP contribution in [0, 0.1) is 5.92 Å². The van der Waals surface area contributed by atoms with Gasteiger partial charge < -0.3 is 25.2 Å².